The van der Waals surface area contributed by atoms with Crippen molar-refractivity contribution in [2.75, 3.05) is 18.7 Å². The van der Waals surface area contributed by atoms with Gasteiger partial charge in [0.15, 0.2) is 9.84 Å². The number of sulfone groups is 1. The summed E-state index contributed by atoms with van der Waals surface area (Å²) in [5, 5.41) is 0. The quantitative estimate of drug-likeness (QED) is 0.608. The molecule has 0 saturated heterocycles. The van der Waals surface area contributed by atoms with Crippen molar-refractivity contribution in [1.29, 1.82) is 0 Å². The van der Waals surface area contributed by atoms with Gasteiger partial charge < -0.3 is 4.74 Å². The highest BCUT2D eigenvalue weighted by Crippen LogP contribution is 2.18. The standard InChI is InChI=1S/C11H13ClO4S/c1-16-11(13)9-5-2-3-6-10(9)17(14,15)8-4-7-12/h2-3,5-6H,4,7-8H2,1H3. The summed E-state index contributed by atoms with van der Waals surface area (Å²) < 4.78 is 28.5. The number of carbonyl (C=O) groups excluding carboxylic acids is 1. The van der Waals surface area contributed by atoms with Crippen LogP contribution in [-0.4, -0.2) is 33.1 Å². The Bertz CT molecular complexity index is 496. The highest BCUT2D eigenvalue weighted by atomic mass is 35.5. The van der Waals surface area contributed by atoms with E-state index in [9.17, 15) is 13.2 Å². The summed E-state index contributed by atoms with van der Waals surface area (Å²) >= 11 is 5.47. The van der Waals surface area contributed by atoms with Crippen LogP contribution in [0, 0.1) is 0 Å². The maximum Gasteiger partial charge on any atom is 0.339 e. The van der Waals surface area contributed by atoms with E-state index in [2.05, 4.69) is 4.74 Å². The largest absolute Gasteiger partial charge is 0.465 e. The summed E-state index contributed by atoms with van der Waals surface area (Å²) in [7, 11) is -2.28. The van der Waals surface area contributed by atoms with Gasteiger partial charge in [-0.25, -0.2) is 13.2 Å². The smallest absolute Gasteiger partial charge is 0.339 e. The van der Waals surface area contributed by atoms with Crippen molar-refractivity contribution in [3.8, 4) is 0 Å². The second kappa shape index (κ2) is 6.02. The summed E-state index contributed by atoms with van der Waals surface area (Å²) in [5.41, 5.74) is 0.0598. The Kier molecular flexibility index (Phi) is 4.96. The predicted molar refractivity (Wildman–Crippen MR) is 65.2 cm³/mol. The molecule has 1 aromatic carbocycles. The average Bonchev–Trinajstić information content (AvgIpc) is 2.35. The van der Waals surface area contributed by atoms with Crippen molar-refractivity contribution >= 4 is 27.4 Å². The zero-order valence-electron chi connectivity index (χ0n) is 9.35. The van der Waals surface area contributed by atoms with E-state index < -0.39 is 15.8 Å². The van der Waals surface area contributed by atoms with Crippen LogP contribution in [-0.2, 0) is 14.6 Å². The van der Waals surface area contributed by atoms with Crippen LogP contribution in [0.1, 0.15) is 16.8 Å². The summed E-state index contributed by atoms with van der Waals surface area (Å²) in [4.78, 5) is 11.4. The molecule has 0 spiro atoms. The molecule has 6 heteroatoms. The minimum absolute atomic E-state index is 0.00281. The van der Waals surface area contributed by atoms with Crippen LogP contribution in [0.25, 0.3) is 0 Å². The molecule has 94 valence electrons. The molecule has 0 aromatic heterocycles. The highest BCUT2D eigenvalue weighted by molar-refractivity contribution is 7.91. The summed E-state index contributed by atoms with van der Waals surface area (Å²) in [6.07, 6.45) is 0.347. The average molecular weight is 277 g/mol. The van der Waals surface area contributed by atoms with Crippen molar-refractivity contribution in [2.45, 2.75) is 11.3 Å². The first-order chi connectivity index (χ1) is 8.03. The molecule has 0 bridgehead atoms. The third-order valence-electron chi connectivity index (χ3n) is 2.17. The lowest BCUT2D eigenvalue weighted by atomic mass is 10.2. The van der Waals surface area contributed by atoms with Gasteiger partial charge in [-0.2, -0.15) is 0 Å². The molecule has 0 atom stereocenters. The van der Waals surface area contributed by atoms with Gasteiger partial charge in [0.05, 0.1) is 23.3 Å². The van der Waals surface area contributed by atoms with Gasteiger partial charge in [-0.1, -0.05) is 12.1 Å². The fourth-order valence-corrected chi connectivity index (χ4v) is 3.18. The van der Waals surface area contributed by atoms with E-state index in [1.165, 1.54) is 19.2 Å². The molecule has 0 N–H and O–H groups in total. The zero-order chi connectivity index (χ0) is 12.9. The number of ether oxygens (including phenoxy) is 1. The Morgan fingerprint density at radius 3 is 2.59 bits per heavy atom. The molecule has 1 aromatic rings. The Morgan fingerprint density at radius 1 is 1.35 bits per heavy atom. The van der Waals surface area contributed by atoms with Crippen LogP contribution in [0.2, 0.25) is 0 Å². The molecular weight excluding hydrogens is 264 g/mol. The van der Waals surface area contributed by atoms with Gasteiger partial charge >= 0.3 is 5.97 Å². The molecule has 17 heavy (non-hydrogen) atoms. The van der Waals surface area contributed by atoms with E-state index in [0.717, 1.165) is 0 Å². The van der Waals surface area contributed by atoms with E-state index in [1.807, 2.05) is 0 Å². The maximum absolute atomic E-state index is 12.0. The number of carbonyl (C=O) groups is 1. The molecule has 0 fully saturated rings. The van der Waals surface area contributed by atoms with Crippen LogP contribution >= 0.6 is 11.6 Å². The number of halogens is 1. The molecule has 0 aliphatic heterocycles. The van der Waals surface area contributed by atoms with E-state index in [-0.39, 0.29) is 22.1 Å². The van der Waals surface area contributed by atoms with Crippen LogP contribution in [0.4, 0.5) is 0 Å². The number of methoxy groups -OCH3 is 1. The minimum Gasteiger partial charge on any atom is -0.465 e. The first kappa shape index (κ1) is 14.0. The lowest BCUT2D eigenvalue weighted by Gasteiger charge is -2.08. The van der Waals surface area contributed by atoms with Crippen molar-refractivity contribution in [2.24, 2.45) is 0 Å². The molecule has 4 nitrogen and oxygen atoms in total. The summed E-state index contributed by atoms with van der Waals surface area (Å²) in [6.45, 7) is 0. The third-order valence-corrected chi connectivity index (χ3v) is 4.29. The SMILES string of the molecule is COC(=O)c1ccccc1S(=O)(=O)CCCCl. The van der Waals surface area contributed by atoms with Gasteiger partial charge in [-0.05, 0) is 18.6 Å². The first-order valence-electron chi connectivity index (χ1n) is 4.99. The predicted octanol–water partition coefficient (Wildman–Crippen LogP) is 1.88. The van der Waals surface area contributed by atoms with Crippen molar-refractivity contribution in [1.82, 2.24) is 0 Å². The van der Waals surface area contributed by atoms with Crippen LogP contribution < -0.4 is 0 Å². The molecule has 0 radical (unpaired) electrons. The lowest BCUT2D eigenvalue weighted by molar-refractivity contribution is 0.0596. The second-order valence-electron chi connectivity index (χ2n) is 3.35. The number of alkyl halides is 1. The number of benzene rings is 1. The summed E-state index contributed by atoms with van der Waals surface area (Å²) in [5.74, 6) is -0.473. The molecule has 0 unspecified atom stereocenters. The summed E-state index contributed by atoms with van der Waals surface area (Å²) in [6, 6.07) is 5.99. The van der Waals surface area contributed by atoms with Crippen molar-refractivity contribution < 1.29 is 17.9 Å². The molecule has 1 rings (SSSR count). The Morgan fingerprint density at radius 2 is 2.00 bits per heavy atom. The van der Waals surface area contributed by atoms with Crippen molar-refractivity contribution in [3.05, 3.63) is 29.8 Å². The zero-order valence-corrected chi connectivity index (χ0v) is 10.9. The van der Waals surface area contributed by atoms with E-state index in [1.54, 1.807) is 12.1 Å². The van der Waals surface area contributed by atoms with Crippen molar-refractivity contribution in [3.63, 3.8) is 0 Å². The molecule has 0 aliphatic rings. The van der Waals surface area contributed by atoms with Gasteiger partial charge in [0.2, 0.25) is 0 Å². The topological polar surface area (TPSA) is 60.4 Å². The lowest BCUT2D eigenvalue weighted by Crippen LogP contribution is -2.13. The van der Waals surface area contributed by atoms with Crippen LogP contribution in [0.15, 0.2) is 29.2 Å². The van der Waals surface area contributed by atoms with E-state index in [4.69, 9.17) is 11.6 Å². The van der Waals surface area contributed by atoms with Gasteiger partial charge in [-0.15, -0.1) is 11.6 Å². The molecule has 0 heterocycles. The minimum atomic E-state index is -3.49. The molecule has 0 amide bonds. The highest BCUT2D eigenvalue weighted by Gasteiger charge is 2.21. The Balaban J connectivity index is 3.17. The number of esters is 1. The van der Waals surface area contributed by atoms with Gasteiger partial charge in [0, 0.05) is 5.88 Å². The monoisotopic (exact) mass is 276 g/mol. The fourth-order valence-electron chi connectivity index (χ4n) is 1.37. The second-order valence-corrected chi connectivity index (χ2v) is 5.80. The number of rotatable bonds is 5. The van der Waals surface area contributed by atoms with Gasteiger partial charge in [0.25, 0.3) is 0 Å². The Labute approximate surface area is 105 Å². The van der Waals surface area contributed by atoms with Gasteiger partial charge in [0.1, 0.15) is 0 Å². The maximum atomic E-state index is 12.0. The third kappa shape index (κ3) is 3.44. The van der Waals surface area contributed by atoms with Crippen LogP contribution in [0.3, 0.4) is 0 Å². The number of hydrogen-bond acceptors (Lipinski definition) is 4. The van der Waals surface area contributed by atoms with Gasteiger partial charge in [-0.3, -0.25) is 0 Å². The van der Waals surface area contributed by atoms with Crippen LogP contribution in [0.5, 0.6) is 0 Å². The van der Waals surface area contributed by atoms with E-state index >= 15 is 0 Å². The molecule has 0 aliphatic carbocycles. The first-order valence-corrected chi connectivity index (χ1v) is 7.17. The normalized spacial score (nSPS) is 11.2. The Hall–Kier alpha value is -1.07. The molecule has 0 saturated carbocycles. The number of hydrogen-bond donors (Lipinski definition) is 0. The molecular formula is C11H13ClO4S. The van der Waals surface area contributed by atoms with E-state index in [0.29, 0.717) is 6.42 Å². The fraction of sp³-hybridized carbons (Fsp3) is 0.364.